The molecule has 0 bridgehead atoms. The number of rotatable bonds is 9. The van der Waals surface area contributed by atoms with Crippen LogP contribution in [0.25, 0.3) is 0 Å². The third-order valence-corrected chi connectivity index (χ3v) is 6.47. The molecule has 2 aliphatic heterocycles. The molecule has 1 aromatic heterocycles. The van der Waals surface area contributed by atoms with E-state index in [4.69, 9.17) is 24.9 Å². The van der Waals surface area contributed by atoms with Gasteiger partial charge < -0.3 is 30.2 Å². The molecule has 3 N–H and O–H groups in total. The first-order valence-electron chi connectivity index (χ1n) is 11.4. The molecule has 9 heteroatoms. The number of aromatic nitrogens is 2. The van der Waals surface area contributed by atoms with Crippen LogP contribution in [0, 0.1) is 0 Å². The summed E-state index contributed by atoms with van der Waals surface area (Å²) in [5.74, 6) is 1.03. The predicted molar refractivity (Wildman–Crippen MR) is 117 cm³/mol. The van der Waals surface area contributed by atoms with Gasteiger partial charge in [0.05, 0.1) is 0 Å². The lowest BCUT2D eigenvalue weighted by Crippen LogP contribution is -2.54. The van der Waals surface area contributed by atoms with E-state index in [1.54, 1.807) is 14.2 Å². The van der Waals surface area contributed by atoms with Gasteiger partial charge in [0.1, 0.15) is 11.8 Å². The third kappa shape index (κ3) is 4.43. The zero-order chi connectivity index (χ0) is 21.0. The Morgan fingerprint density at radius 3 is 2.40 bits per heavy atom. The largest absolute Gasteiger partial charge is 0.460 e. The number of anilines is 3. The minimum atomic E-state index is -1.14. The van der Waals surface area contributed by atoms with Crippen molar-refractivity contribution in [2.24, 2.45) is 0 Å². The Kier molecular flexibility index (Phi) is 6.80. The number of nitrogens with one attached hydrogen (secondary N) is 1. The summed E-state index contributed by atoms with van der Waals surface area (Å²) in [6, 6.07) is -0.802. The van der Waals surface area contributed by atoms with Crippen LogP contribution < -0.4 is 20.7 Å². The van der Waals surface area contributed by atoms with E-state index in [9.17, 15) is 0 Å². The Morgan fingerprint density at radius 1 is 1.00 bits per heavy atom. The maximum Gasteiger partial charge on any atom is 0.341 e. The van der Waals surface area contributed by atoms with Gasteiger partial charge in [-0.25, -0.2) is 0 Å². The van der Waals surface area contributed by atoms with Crippen LogP contribution in [0.1, 0.15) is 57.8 Å². The van der Waals surface area contributed by atoms with Gasteiger partial charge in [0.2, 0.25) is 0 Å². The number of hydrogen-bond acceptors (Lipinski definition) is 9. The molecule has 168 valence electrons. The summed E-state index contributed by atoms with van der Waals surface area (Å²) >= 11 is 0. The standard InChI is InChI=1S/C21H36N6O3/c1-28-21(29-2)25-17-18(22)23-20(30-16-10-4-5-11-16)24-19(17)27(21)15-9-8-14-26-12-6-3-7-13-26/h16,25H,3-15H2,1-2H3,(H2,22,23,24). The van der Waals surface area contributed by atoms with Crippen LogP contribution in [0.15, 0.2) is 0 Å². The van der Waals surface area contributed by atoms with Crippen molar-refractivity contribution in [2.45, 2.75) is 69.9 Å². The molecule has 1 aromatic rings. The van der Waals surface area contributed by atoms with Crippen LogP contribution in [0.5, 0.6) is 6.01 Å². The summed E-state index contributed by atoms with van der Waals surface area (Å²) in [6.07, 6.45) is 10.7. The summed E-state index contributed by atoms with van der Waals surface area (Å²) in [5.41, 5.74) is 6.89. The fourth-order valence-corrected chi connectivity index (χ4v) is 4.78. The maximum absolute atomic E-state index is 6.25. The normalized spacial score (nSPS) is 21.6. The molecular formula is C21H36N6O3. The van der Waals surface area contributed by atoms with Gasteiger partial charge in [0.25, 0.3) is 0 Å². The van der Waals surface area contributed by atoms with Crippen LogP contribution >= 0.6 is 0 Å². The highest BCUT2D eigenvalue weighted by Crippen LogP contribution is 2.43. The average Bonchev–Trinajstić information content (AvgIpc) is 3.38. The van der Waals surface area contributed by atoms with Crippen molar-refractivity contribution in [1.82, 2.24) is 14.9 Å². The van der Waals surface area contributed by atoms with Crippen LogP contribution in [-0.4, -0.2) is 67.4 Å². The first kappa shape index (κ1) is 21.4. The number of ether oxygens (including phenoxy) is 3. The van der Waals surface area contributed by atoms with Crippen molar-refractivity contribution in [3.63, 3.8) is 0 Å². The van der Waals surface area contributed by atoms with Crippen LogP contribution in [0.2, 0.25) is 0 Å². The number of nitrogens with zero attached hydrogens (tertiary/aromatic N) is 4. The second kappa shape index (κ2) is 9.53. The average molecular weight is 421 g/mol. The van der Waals surface area contributed by atoms with Crippen molar-refractivity contribution >= 4 is 17.3 Å². The molecule has 0 radical (unpaired) electrons. The van der Waals surface area contributed by atoms with E-state index < -0.39 is 6.03 Å². The first-order chi connectivity index (χ1) is 14.6. The molecule has 1 saturated heterocycles. The number of piperidine rings is 1. The molecule has 1 saturated carbocycles. The SMILES string of the molecule is COC1(OC)Nc2c(N)nc(OC3CCCC3)nc2N1CCCCN1CCCCC1. The van der Waals surface area contributed by atoms with Gasteiger partial charge in [0, 0.05) is 20.8 Å². The number of nitrogen functional groups attached to an aromatic ring is 1. The molecule has 1 aliphatic carbocycles. The Hall–Kier alpha value is -1.84. The molecule has 0 amide bonds. The number of hydrogen-bond donors (Lipinski definition) is 2. The number of methoxy groups -OCH3 is 2. The third-order valence-electron chi connectivity index (χ3n) is 6.47. The van der Waals surface area contributed by atoms with Gasteiger partial charge in [-0.15, -0.1) is 0 Å². The number of nitrogens with two attached hydrogens (primary N) is 1. The zero-order valence-electron chi connectivity index (χ0n) is 18.4. The van der Waals surface area contributed by atoms with E-state index in [0.29, 0.717) is 23.3 Å². The lowest BCUT2D eigenvalue weighted by atomic mass is 10.1. The number of fused-ring (bicyclic) bond motifs is 1. The molecule has 30 heavy (non-hydrogen) atoms. The van der Waals surface area contributed by atoms with Gasteiger partial charge in [-0.3, -0.25) is 4.90 Å². The Balaban J connectivity index is 1.46. The summed E-state index contributed by atoms with van der Waals surface area (Å²) in [4.78, 5) is 13.6. The molecule has 3 aliphatic rings. The molecule has 0 unspecified atom stereocenters. The number of likely N-dealkylation sites (tertiary alicyclic amines) is 1. The van der Waals surface area contributed by atoms with Crippen molar-refractivity contribution in [3.8, 4) is 6.01 Å². The van der Waals surface area contributed by atoms with Crippen LogP contribution in [-0.2, 0) is 9.47 Å². The number of unbranched alkanes of at least 4 members (excludes halogenated alkanes) is 1. The van der Waals surface area contributed by atoms with E-state index in [0.717, 1.165) is 38.8 Å². The minimum Gasteiger partial charge on any atom is -0.460 e. The van der Waals surface area contributed by atoms with Crippen molar-refractivity contribution in [3.05, 3.63) is 0 Å². The fraction of sp³-hybridized carbons (Fsp3) is 0.810. The lowest BCUT2D eigenvalue weighted by Gasteiger charge is -2.35. The van der Waals surface area contributed by atoms with Gasteiger partial charge in [0.15, 0.2) is 11.6 Å². The van der Waals surface area contributed by atoms with E-state index in [2.05, 4.69) is 15.2 Å². The maximum atomic E-state index is 6.25. The van der Waals surface area contributed by atoms with Crippen molar-refractivity contribution in [2.75, 3.05) is 56.3 Å². The Labute approximate surface area is 179 Å². The van der Waals surface area contributed by atoms with Crippen molar-refractivity contribution in [1.29, 1.82) is 0 Å². The first-order valence-corrected chi connectivity index (χ1v) is 11.4. The summed E-state index contributed by atoms with van der Waals surface area (Å²) in [7, 11) is 3.23. The second-order valence-electron chi connectivity index (χ2n) is 8.49. The van der Waals surface area contributed by atoms with E-state index in [-0.39, 0.29) is 6.10 Å². The van der Waals surface area contributed by atoms with Gasteiger partial charge in [-0.05, 0) is 71.0 Å². The van der Waals surface area contributed by atoms with E-state index >= 15 is 0 Å². The van der Waals surface area contributed by atoms with Crippen molar-refractivity contribution < 1.29 is 14.2 Å². The summed E-state index contributed by atoms with van der Waals surface area (Å²) in [5, 5.41) is 3.24. The van der Waals surface area contributed by atoms with E-state index in [1.165, 1.54) is 45.2 Å². The molecule has 0 aromatic carbocycles. The summed E-state index contributed by atoms with van der Waals surface area (Å²) < 4.78 is 17.5. The Morgan fingerprint density at radius 2 is 1.70 bits per heavy atom. The quantitative estimate of drug-likeness (QED) is 0.461. The lowest BCUT2D eigenvalue weighted by molar-refractivity contribution is -0.181. The molecule has 3 heterocycles. The molecule has 0 spiro atoms. The fourth-order valence-electron chi connectivity index (χ4n) is 4.78. The van der Waals surface area contributed by atoms with Gasteiger partial charge >= 0.3 is 12.0 Å². The monoisotopic (exact) mass is 420 g/mol. The minimum absolute atomic E-state index is 0.171. The van der Waals surface area contributed by atoms with Crippen LogP contribution in [0.3, 0.4) is 0 Å². The van der Waals surface area contributed by atoms with E-state index in [1.807, 2.05) is 4.90 Å². The van der Waals surface area contributed by atoms with Gasteiger partial charge in [-0.1, -0.05) is 6.42 Å². The highest BCUT2D eigenvalue weighted by atomic mass is 16.7. The smallest absolute Gasteiger partial charge is 0.341 e. The molecule has 9 nitrogen and oxygen atoms in total. The second-order valence-corrected chi connectivity index (χ2v) is 8.49. The van der Waals surface area contributed by atoms with Gasteiger partial charge in [-0.2, -0.15) is 9.97 Å². The van der Waals surface area contributed by atoms with Crippen LogP contribution in [0.4, 0.5) is 17.3 Å². The topological polar surface area (TPSA) is 98.0 Å². The predicted octanol–water partition coefficient (Wildman–Crippen LogP) is 2.78. The molecular weight excluding hydrogens is 384 g/mol. The highest BCUT2D eigenvalue weighted by molar-refractivity contribution is 5.82. The molecule has 0 atom stereocenters. The molecule has 2 fully saturated rings. The zero-order valence-corrected chi connectivity index (χ0v) is 18.4. The highest BCUT2D eigenvalue weighted by Gasteiger charge is 2.47. The Bertz CT molecular complexity index is 702. The molecule has 4 rings (SSSR count). The summed E-state index contributed by atoms with van der Waals surface area (Å²) in [6.45, 7) is 4.30.